The van der Waals surface area contributed by atoms with Gasteiger partial charge in [0.1, 0.15) is 5.56 Å². The minimum Gasteiger partial charge on any atom is -0.462 e. The third-order valence-corrected chi connectivity index (χ3v) is 3.78. The Bertz CT molecular complexity index is 736. The standard InChI is InChI=1S/C17H20ClNO3/c1-3-5-6-9-19-11-14(17(21)22-4-2)16(20)13-10-12(18)7-8-15(13)19/h7-8,10-11H,3-6,9H2,1-2H3. The number of pyridine rings is 1. The van der Waals surface area contributed by atoms with E-state index in [4.69, 9.17) is 16.3 Å². The Kier molecular flexibility index (Phi) is 5.61. The summed E-state index contributed by atoms with van der Waals surface area (Å²) in [4.78, 5) is 24.5. The molecule has 22 heavy (non-hydrogen) atoms. The maximum absolute atomic E-state index is 12.5. The van der Waals surface area contributed by atoms with Crippen LogP contribution in [0.3, 0.4) is 0 Å². The fourth-order valence-corrected chi connectivity index (χ4v) is 2.61. The van der Waals surface area contributed by atoms with E-state index in [1.807, 2.05) is 10.6 Å². The molecule has 0 fully saturated rings. The Labute approximate surface area is 134 Å². The molecule has 0 N–H and O–H groups in total. The van der Waals surface area contributed by atoms with Crippen LogP contribution in [0.25, 0.3) is 10.9 Å². The van der Waals surface area contributed by atoms with Gasteiger partial charge < -0.3 is 9.30 Å². The van der Waals surface area contributed by atoms with Crippen LogP contribution in [-0.4, -0.2) is 17.1 Å². The minimum atomic E-state index is -0.585. The SMILES string of the molecule is CCCCCn1cc(C(=O)OCC)c(=O)c2cc(Cl)ccc21. The lowest BCUT2D eigenvalue weighted by atomic mass is 10.1. The van der Waals surface area contributed by atoms with Crippen LogP contribution in [0.15, 0.2) is 29.2 Å². The number of aromatic nitrogens is 1. The first-order valence-electron chi connectivity index (χ1n) is 7.58. The summed E-state index contributed by atoms with van der Waals surface area (Å²) in [5.41, 5.74) is 0.523. The van der Waals surface area contributed by atoms with Gasteiger partial charge in [0.05, 0.1) is 12.1 Å². The largest absolute Gasteiger partial charge is 0.462 e. The van der Waals surface area contributed by atoms with Crippen molar-refractivity contribution in [2.75, 3.05) is 6.61 Å². The Morgan fingerprint density at radius 3 is 2.73 bits per heavy atom. The molecule has 5 heteroatoms. The zero-order valence-electron chi connectivity index (χ0n) is 12.9. The van der Waals surface area contributed by atoms with Crippen molar-refractivity contribution in [1.82, 2.24) is 4.57 Å². The topological polar surface area (TPSA) is 48.3 Å². The summed E-state index contributed by atoms with van der Waals surface area (Å²) < 4.78 is 6.92. The average molecular weight is 322 g/mol. The molecule has 0 radical (unpaired) electrons. The summed E-state index contributed by atoms with van der Waals surface area (Å²) in [5, 5.41) is 0.931. The lowest BCUT2D eigenvalue weighted by Gasteiger charge is -2.13. The van der Waals surface area contributed by atoms with Crippen LogP contribution in [0.2, 0.25) is 5.02 Å². The van der Waals surface area contributed by atoms with Crippen molar-refractivity contribution >= 4 is 28.5 Å². The molecule has 2 rings (SSSR count). The highest BCUT2D eigenvalue weighted by Gasteiger charge is 2.16. The Morgan fingerprint density at radius 2 is 2.05 bits per heavy atom. The number of nitrogens with zero attached hydrogens (tertiary/aromatic N) is 1. The average Bonchev–Trinajstić information content (AvgIpc) is 2.50. The first-order chi connectivity index (χ1) is 10.6. The van der Waals surface area contributed by atoms with Crippen molar-refractivity contribution in [2.45, 2.75) is 39.7 Å². The van der Waals surface area contributed by atoms with Crippen molar-refractivity contribution in [2.24, 2.45) is 0 Å². The fourth-order valence-electron chi connectivity index (χ4n) is 2.44. The van der Waals surface area contributed by atoms with Crippen molar-refractivity contribution in [3.05, 3.63) is 45.2 Å². The molecule has 0 aliphatic rings. The molecule has 1 aromatic heterocycles. The molecule has 0 aliphatic carbocycles. The first-order valence-corrected chi connectivity index (χ1v) is 7.96. The van der Waals surface area contributed by atoms with E-state index < -0.39 is 5.97 Å². The van der Waals surface area contributed by atoms with Crippen LogP contribution in [-0.2, 0) is 11.3 Å². The van der Waals surface area contributed by atoms with E-state index in [1.54, 1.807) is 25.3 Å². The molecule has 0 unspecified atom stereocenters. The van der Waals surface area contributed by atoms with Gasteiger partial charge in [0.25, 0.3) is 0 Å². The van der Waals surface area contributed by atoms with Crippen LogP contribution < -0.4 is 5.43 Å². The molecular formula is C17H20ClNO3. The number of hydrogen-bond acceptors (Lipinski definition) is 3. The second kappa shape index (κ2) is 7.45. The van der Waals surface area contributed by atoms with Crippen LogP contribution in [0, 0.1) is 0 Å². The molecular weight excluding hydrogens is 302 g/mol. The van der Waals surface area contributed by atoms with E-state index in [2.05, 4.69) is 6.92 Å². The smallest absolute Gasteiger partial charge is 0.343 e. The fraction of sp³-hybridized carbons (Fsp3) is 0.412. The summed E-state index contributed by atoms with van der Waals surface area (Å²) in [7, 11) is 0. The lowest BCUT2D eigenvalue weighted by molar-refractivity contribution is 0.0524. The molecule has 1 aromatic carbocycles. The van der Waals surface area contributed by atoms with Crippen molar-refractivity contribution in [3.63, 3.8) is 0 Å². The molecule has 0 bridgehead atoms. The van der Waals surface area contributed by atoms with Gasteiger partial charge in [0.2, 0.25) is 5.43 Å². The van der Waals surface area contributed by atoms with E-state index >= 15 is 0 Å². The summed E-state index contributed by atoms with van der Waals surface area (Å²) in [5.74, 6) is -0.585. The summed E-state index contributed by atoms with van der Waals surface area (Å²) in [6.45, 7) is 4.84. The normalized spacial score (nSPS) is 10.9. The third kappa shape index (κ3) is 3.50. The molecule has 0 aliphatic heterocycles. The molecule has 4 nitrogen and oxygen atoms in total. The van der Waals surface area contributed by atoms with Gasteiger partial charge in [0, 0.05) is 23.2 Å². The van der Waals surface area contributed by atoms with Crippen molar-refractivity contribution < 1.29 is 9.53 Å². The number of carbonyl (C=O) groups is 1. The van der Waals surface area contributed by atoms with Gasteiger partial charge in [0.15, 0.2) is 0 Å². The molecule has 0 atom stereocenters. The van der Waals surface area contributed by atoms with Crippen LogP contribution in [0.4, 0.5) is 0 Å². The van der Waals surface area contributed by atoms with Crippen LogP contribution >= 0.6 is 11.6 Å². The number of benzene rings is 1. The third-order valence-electron chi connectivity index (χ3n) is 3.54. The highest BCUT2D eigenvalue weighted by Crippen LogP contribution is 2.18. The Balaban J connectivity index is 2.58. The second-order valence-corrected chi connectivity index (χ2v) is 5.59. The van der Waals surface area contributed by atoms with Gasteiger partial charge in [-0.1, -0.05) is 31.4 Å². The number of fused-ring (bicyclic) bond motifs is 1. The predicted molar refractivity (Wildman–Crippen MR) is 88.7 cm³/mol. The van der Waals surface area contributed by atoms with E-state index in [1.165, 1.54) is 0 Å². The molecule has 0 amide bonds. The maximum atomic E-state index is 12.5. The van der Waals surface area contributed by atoms with E-state index in [0.29, 0.717) is 10.4 Å². The number of aryl methyl sites for hydroxylation is 1. The Morgan fingerprint density at radius 1 is 1.27 bits per heavy atom. The van der Waals surface area contributed by atoms with Gasteiger partial charge in [-0.05, 0) is 31.5 Å². The molecule has 0 saturated heterocycles. The molecule has 118 valence electrons. The predicted octanol–water partition coefficient (Wildman–Crippen LogP) is 4.02. The lowest BCUT2D eigenvalue weighted by Crippen LogP contribution is -2.21. The van der Waals surface area contributed by atoms with Crippen molar-refractivity contribution in [3.8, 4) is 0 Å². The van der Waals surface area contributed by atoms with Crippen molar-refractivity contribution in [1.29, 1.82) is 0 Å². The summed E-state index contributed by atoms with van der Waals surface area (Å²) in [6.07, 6.45) is 4.79. The molecule has 1 heterocycles. The molecule has 0 spiro atoms. The zero-order valence-corrected chi connectivity index (χ0v) is 13.7. The monoisotopic (exact) mass is 321 g/mol. The number of rotatable bonds is 6. The number of unbranched alkanes of at least 4 members (excludes halogenated alkanes) is 2. The van der Waals surface area contributed by atoms with E-state index in [9.17, 15) is 9.59 Å². The maximum Gasteiger partial charge on any atom is 0.343 e. The number of hydrogen-bond donors (Lipinski definition) is 0. The van der Waals surface area contributed by atoms with Gasteiger partial charge in [-0.2, -0.15) is 0 Å². The van der Waals surface area contributed by atoms with E-state index in [0.717, 1.165) is 31.3 Å². The zero-order chi connectivity index (χ0) is 16.1. The summed E-state index contributed by atoms with van der Waals surface area (Å²) >= 11 is 6.00. The van der Waals surface area contributed by atoms with Gasteiger partial charge in [-0.25, -0.2) is 4.79 Å². The van der Waals surface area contributed by atoms with Gasteiger partial charge >= 0.3 is 5.97 Å². The van der Waals surface area contributed by atoms with Gasteiger partial charge in [-0.3, -0.25) is 4.79 Å². The number of carbonyl (C=O) groups excluding carboxylic acids is 1. The quantitative estimate of drug-likeness (QED) is 0.596. The minimum absolute atomic E-state index is 0.0631. The first kappa shape index (κ1) is 16.6. The molecule has 2 aromatic rings. The Hall–Kier alpha value is -1.81. The van der Waals surface area contributed by atoms with Gasteiger partial charge in [-0.15, -0.1) is 0 Å². The number of esters is 1. The second-order valence-electron chi connectivity index (χ2n) is 5.15. The molecule has 0 saturated carbocycles. The highest BCUT2D eigenvalue weighted by atomic mass is 35.5. The van der Waals surface area contributed by atoms with E-state index in [-0.39, 0.29) is 17.6 Å². The highest BCUT2D eigenvalue weighted by molar-refractivity contribution is 6.31. The summed E-state index contributed by atoms with van der Waals surface area (Å²) in [6, 6.07) is 5.18. The van der Waals surface area contributed by atoms with Crippen LogP contribution in [0.5, 0.6) is 0 Å². The van der Waals surface area contributed by atoms with Crippen LogP contribution in [0.1, 0.15) is 43.5 Å². The number of halogens is 1. The number of ether oxygens (including phenoxy) is 1.